The number of pyridine rings is 2. The van der Waals surface area contributed by atoms with Crippen molar-refractivity contribution >= 4 is 23.8 Å². The Morgan fingerprint density at radius 3 is 0.924 bits per heavy atom. The molecule has 364 valence electrons. The van der Waals surface area contributed by atoms with Gasteiger partial charge in [-0.1, -0.05) is 95.2 Å². The first-order valence-electron chi connectivity index (χ1n) is 20.7. The summed E-state index contributed by atoms with van der Waals surface area (Å²) >= 11 is 0. The van der Waals surface area contributed by atoms with Crippen LogP contribution in [0.25, 0.3) is 0 Å². The van der Waals surface area contributed by atoms with Crippen LogP contribution in [0.5, 0.6) is 0 Å². The number of carbonyl (C=O) groups is 4. The fraction of sp³-hybridized carbons (Fsp3) is 0.458. The fourth-order valence-corrected chi connectivity index (χ4v) is 5.75. The highest BCUT2D eigenvalue weighted by Crippen LogP contribution is 2.32. The van der Waals surface area contributed by atoms with E-state index in [0.29, 0.717) is 0 Å². The minimum Gasteiger partial charge on any atom is -0.542 e. The second kappa shape index (κ2) is 23.5. The number of carbonyl (C=O) groups excluding carboxylic acids is 4. The maximum atomic E-state index is 11.5. The number of alkyl halides is 6. The molecule has 0 radical (unpaired) electrons. The van der Waals surface area contributed by atoms with Gasteiger partial charge in [-0.25, -0.2) is 20.8 Å². The van der Waals surface area contributed by atoms with Gasteiger partial charge >= 0.3 is 12.4 Å². The van der Waals surface area contributed by atoms with Gasteiger partial charge in [-0.15, -0.1) is 0 Å². The molecule has 0 aliphatic carbocycles. The van der Waals surface area contributed by atoms with Crippen LogP contribution in [0.3, 0.4) is 0 Å². The minimum atomic E-state index is -5.19. The van der Waals surface area contributed by atoms with E-state index in [2.05, 4.69) is 139 Å². The highest BCUT2D eigenvalue weighted by atomic mass is 19.4. The molecule has 18 heteroatoms. The minimum absolute atomic E-state index is 0.0989. The largest absolute Gasteiger partial charge is 0.542 e. The number of nitrogens with one attached hydrogen (secondary N) is 2. The number of hydrogen-bond acceptors (Lipinski definition) is 8. The molecule has 2 heterocycles. The number of carboxylic acids is 2. The van der Waals surface area contributed by atoms with E-state index in [1.807, 2.05) is 49.1 Å². The second-order valence-corrected chi connectivity index (χ2v) is 19.7. The molecule has 2 aromatic heterocycles. The number of aliphatic carboxylic acids is 2. The third kappa shape index (κ3) is 21.4. The smallest absolute Gasteiger partial charge is 0.430 e. The van der Waals surface area contributed by atoms with Gasteiger partial charge in [0.1, 0.15) is 11.9 Å². The lowest BCUT2D eigenvalue weighted by atomic mass is 9.79. The average Bonchev–Trinajstić information content (AvgIpc) is 3.16. The van der Waals surface area contributed by atoms with Crippen molar-refractivity contribution in [2.24, 2.45) is 11.7 Å². The van der Waals surface area contributed by atoms with Gasteiger partial charge in [-0.05, 0) is 80.3 Å². The number of carboxylic acid groups (broad SMARTS) is 2. The third-order valence-electron chi connectivity index (χ3n) is 9.53. The van der Waals surface area contributed by atoms with Crippen LogP contribution >= 0.6 is 0 Å². The molecule has 6 N–H and O–H groups in total. The third-order valence-corrected chi connectivity index (χ3v) is 9.53. The van der Waals surface area contributed by atoms with Gasteiger partial charge in [0, 0.05) is 34.4 Å². The summed E-state index contributed by atoms with van der Waals surface area (Å²) in [6, 6.07) is 21.7. The molecule has 0 fully saturated rings. The number of halogens is 6. The van der Waals surface area contributed by atoms with E-state index in [4.69, 9.17) is 31.5 Å². The average molecular weight is 935 g/mol. The van der Waals surface area contributed by atoms with Crippen LogP contribution in [-0.4, -0.2) is 36.1 Å². The van der Waals surface area contributed by atoms with Crippen molar-refractivity contribution in [1.29, 1.82) is 0 Å². The van der Waals surface area contributed by atoms with Crippen LogP contribution in [0.2, 0.25) is 0 Å². The molecule has 2 amide bonds. The van der Waals surface area contributed by atoms with E-state index in [-0.39, 0.29) is 46.3 Å². The van der Waals surface area contributed by atoms with Gasteiger partial charge < -0.3 is 19.8 Å². The molecule has 4 aromatic rings. The zero-order chi connectivity index (χ0) is 51.2. The normalized spacial score (nSPS) is 11.9. The van der Waals surface area contributed by atoms with E-state index in [1.54, 1.807) is 0 Å². The molecule has 0 atom stereocenters. The van der Waals surface area contributed by atoms with Gasteiger partial charge in [0.25, 0.3) is 0 Å². The van der Waals surface area contributed by atoms with Crippen molar-refractivity contribution in [3.05, 3.63) is 130 Å². The van der Waals surface area contributed by atoms with Gasteiger partial charge in [-0.3, -0.25) is 20.4 Å². The van der Waals surface area contributed by atoms with Gasteiger partial charge in [-0.2, -0.15) is 26.3 Å². The lowest BCUT2D eigenvalue weighted by Crippen LogP contribution is -2.37. The Morgan fingerprint density at radius 2 is 0.727 bits per heavy atom. The van der Waals surface area contributed by atoms with Crippen molar-refractivity contribution < 1.29 is 64.9 Å². The maximum absolute atomic E-state index is 11.5. The summed E-state index contributed by atoms with van der Waals surface area (Å²) < 4.78 is 67.3. The summed E-state index contributed by atoms with van der Waals surface area (Å²) in [6.07, 6.45) is -1.74. The molecule has 0 saturated carbocycles. The zero-order valence-electron chi connectivity index (χ0n) is 39.7. The van der Waals surface area contributed by atoms with E-state index >= 15 is 0 Å². The van der Waals surface area contributed by atoms with E-state index < -0.39 is 24.3 Å². The lowest BCUT2D eigenvalue weighted by molar-refractivity contribution is -0.688. The molecule has 0 spiro atoms. The SMILES string of the molecule is CC(C)(C)c1cc(C[n+]2cccc(CC(=O)NN)c2)cc(C(C)(C)C)c1.CC(C)(C)c1cc(C[n+]2cccc(CC(=O)NN)c2)cc(C(C)(C)C)c1.O=C([O-])C(F)(F)F.O=C([O-])C(F)(F)F. The molecule has 0 unspecified atom stereocenters. The molecule has 0 aliphatic heterocycles. The number of hydrogen-bond donors (Lipinski definition) is 4. The summed E-state index contributed by atoms with van der Waals surface area (Å²) in [4.78, 5) is 40.6. The number of amides is 2. The second-order valence-electron chi connectivity index (χ2n) is 19.7. The number of benzene rings is 2. The standard InChI is InChI=1S/2C22H31N3O.2C2HF3O2/c2*1-21(2,3)18-10-17(11-19(13-18)22(4,5)6)15-25-9-7-8-16(14-25)12-20(26)24-23;2*3-2(4,5)1(6)7/h2*7-11,13-14H,12,15,23H2,1-6H3;2*(H,6,7). The highest BCUT2D eigenvalue weighted by molar-refractivity contribution is 5.78. The topological polar surface area (TPSA) is 198 Å². The monoisotopic (exact) mass is 934 g/mol. The Morgan fingerprint density at radius 1 is 0.485 bits per heavy atom. The quantitative estimate of drug-likeness (QED) is 0.0630. The van der Waals surface area contributed by atoms with Crippen molar-refractivity contribution in [2.75, 3.05) is 0 Å². The summed E-state index contributed by atoms with van der Waals surface area (Å²) in [7, 11) is 0. The molecule has 12 nitrogen and oxygen atoms in total. The van der Waals surface area contributed by atoms with Crippen LogP contribution in [0.1, 0.15) is 128 Å². The van der Waals surface area contributed by atoms with Crippen LogP contribution in [0.15, 0.2) is 85.5 Å². The predicted molar refractivity (Wildman–Crippen MR) is 233 cm³/mol. The van der Waals surface area contributed by atoms with Crippen molar-refractivity contribution in [3.8, 4) is 0 Å². The Balaban J connectivity index is 0.000000513. The number of rotatable bonds is 8. The number of nitrogens with zero attached hydrogens (tertiary/aromatic N) is 2. The molecule has 0 aliphatic rings. The molecule has 2 aromatic carbocycles. The van der Waals surface area contributed by atoms with Gasteiger partial charge in [0.2, 0.25) is 11.8 Å². The lowest BCUT2D eigenvalue weighted by Gasteiger charge is -2.25. The fourth-order valence-electron chi connectivity index (χ4n) is 5.75. The predicted octanol–water partition coefficient (Wildman–Crippen LogP) is 4.90. The molecule has 4 rings (SSSR count). The number of aromatic nitrogens is 2. The van der Waals surface area contributed by atoms with Crippen LogP contribution in [0.4, 0.5) is 26.3 Å². The number of hydrazine groups is 2. The first kappa shape index (κ1) is 58.1. The Labute approximate surface area is 383 Å². The highest BCUT2D eigenvalue weighted by Gasteiger charge is 2.30. The van der Waals surface area contributed by atoms with Crippen molar-refractivity contribution in [2.45, 2.75) is 143 Å². The Kier molecular flexibility index (Phi) is 20.7. The number of nitrogens with two attached hydrogens (primary N) is 2. The molecule has 0 saturated heterocycles. The summed E-state index contributed by atoms with van der Waals surface area (Å²) in [5.41, 5.74) is 14.6. The van der Waals surface area contributed by atoms with Crippen molar-refractivity contribution in [3.63, 3.8) is 0 Å². The summed E-state index contributed by atoms with van der Waals surface area (Å²) in [6.45, 7) is 28.5. The Bertz CT molecular complexity index is 2050. The summed E-state index contributed by atoms with van der Waals surface area (Å²) in [5.74, 6) is 3.99. The van der Waals surface area contributed by atoms with Crippen LogP contribution in [-0.2, 0) is 66.8 Å². The van der Waals surface area contributed by atoms with E-state index in [0.717, 1.165) is 24.2 Å². The van der Waals surface area contributed by atoms with E-state index in [1.165, 1.54) is 33.4 Å². The first-order chi connectivity index (χ1) is 29.9. The zero-order valence-corrected chi connectivity index (χ0v) is 39.7. The molecule has 66 heavy (non-hydrogen) atoms. The van der Waals surface area contributed by atoms with Gasteiger partial charge in [0.15, 0.2) is 37.9 Å². The Hall–Kier alpha value is -5.88. The molecular formula is C48H64F6N6O6. The van der Waals surface area contributed by atoms with Crippen LogP contribution in [0, 0.1) is 0 Å². The molecular weight excluding hydrogens is 871 g/mol. The van der Waals surface area contributed by atoms with E-state index in [9.17, 15) is 35.9 Å². The molecule has 0 bridgehead atoms. The van der Waals surface area contributed by atoms with Crippen LogP contribution < -0.4 is 41.9 Å². The van der Waals surface area contributed by atoms with Gasteiger partial charge in [0.05, 0.1) is 12.8 Å². The summed E-state index contributed by atoms with van der Waals surface area (Å²) in [5, 5.41) is 17.6. The van der Waals surface area contributed by atoms with Crippen molar-refractivity contribution in [1.82, 2.24) is 10.9 Å². The maximum Gasteiger partial charge on any atom is 0.430 e. The first-order valence-corrected chi connectivity index (χ1v) is 20.7.